The molecule has 0 amide bonds. The topological polar surface area (TPSA) is 86.9 Å². The molecule has 0 bridgehead atoms. The summed E-state index contributed by atoms with van der Waals surface area (Å²) in [5.74, 6) is -0.712. The minimum atomic E-state index is -0.744. The van der Waals surface area contributed by atoms with Gasteiger partial charge in [0.15, 0.2) is 5.65 Å². The first-order valence-corrected chi connectivity index (χ1v) is 10.3. The van der Waals surface area contributed by atoms with E-state index in [1.54, 1.807) is 48.8 Å². The van der Waals surface area contributed by atoms with Crippen molar-refractivity contribution in [2.24, 2.45) is 0 Å². The maximum absolute atomic E-state index is 14.4. The minimum absolute atomic E-state index is 0.228. The zero-order valence-electron chi connectivity index (χ0n) is 17.9. The molecule has 0 aliphatic heterocycles. The first kappa shape index (κ1) is 21.3. The van der Waals surface area contributed by atoms with Crippen LogP contribution >= 0.6 is 0 Å². The summed E-state index contributed by atoms with van der Waals surface area (Å²) < 4.78 is 36.6. The third-order valence-corrected chi connectivity index (χ3v) is 5.30. The van der Waals surface area contributed by atoms with Gasteiger partial charge in [0, 0.05) is 29.7 Å². The average Bonchev–Trinajstić information content (AvgIpc) is 3.12. The molecule has 170 valence electrons. The molecule has 0 saturated heterocycles. The Bertz CT molecular complexity index is 1530. The van der Waals surface area contributed by atoms with Crippen molar-refractivity contribution < 1.29 is 13.5 Å². The third-order valence-electron chi connectivity index (χ3n) is 5.30. The van der Waals surface area contributed by atoms with Gasteiger partial charge in [-0.25, -0.2) is 23.1 Å². The van der Waals surface area contributed by atoms with E-state index in [0.717, 1.165) is 12.1 Å². The maximum atomic E-state index is 14.4. The van der Waals surface area contributed by atoms with Crippen LogP contribution in [0.4, 0.5) is 20.4 Å². The van der Waals surface area contributed by atoms with Crippen LogP contribution in [0.3, 0.4) is 0 Å². The van der Waals surface area contributed by atoms with E-state index in [2.05, 4.69) is 20.3 Å². The normalized spacial score (nSPS) is 11.0. The average molecular weight is 460 g/mol. The first-order chi connectivity index (χ1) is 16.5. The number of aromatic nitrogens is 5. The molecule has 5 rings (SSSR count). The van der Waals surface area contributed by atoms with E-state index in [0.29, 0.717) is 22.6 Å². The summed E-state index contributed by atoms with van der Waals surface area (Å²) in [5.41, 5.74) is 1.01. The van der Waals surface area contributed by atoms with Crippen molar-refractivity contribution in [3.05, 3.63) is 101 Å². The van der Waals surface area contributed by atoms with Gasteiger partial charge in [-0.1, -0.05) is 12.1 Å². The second-order valence-electron chi connectivity index (χ2n) is 7.37. The number of hydrogen-bond acceptors (Lipinski definition) is 6. The number of benzene rings is 2. The van der Waals surface area contributed by atoms with Gasteiger partial charge in [0.2, 0.25) is 5.95 Å². The van der Waals surface area contributed by atoms with Gasteiger partial charge in [0.1, 0.15) is 22.9 Å². The largest absolute Gasteiger partial charge is 0.497 e. The van der Waals surface area contributed by atoms with Gasteiger partial charge < -0.3 is 10.1 Å². The van der Waals surface area contributed by atoms with Gasteiger partial charge in [-0.05, 0) is 36.4 Å². The van der Waals surface area contributed by atoms with E-state index in [1.807, 2.05) is 0 Å². The molecule has 1 N–H and O–H groups in total. The summed E-state index contributed by atoms with van der Waals surface area (Å²) in [6.07, 6.45) is 4.68. The highest BCUT2D eigenvalue weighted by Gasteiger charge is 2.20. The minimum Gasteiger partial charge on any atom is -0.497 e. The van der Waals surface area contributed by atoms with Crippen LogP contribution in [0.5, 0.6) is 5.75 Å². The lowest BCUT2D eigenvalue weighted by Gasteiger charge is -2.07. The number of halogens is 2. The number of pyridine rings is 1. The van der Waals surface area contributed by atoms with Gasteiger partial charge in [0.25, 0.3) is 0 Å². The second kappa shape index (κ2) is 8.74. The molecule has 0 radical (unpaired) electrons. The zero-order chi connectivity index (χ0) is 23.7. The van der Waals surface area contributed by atoms with Crippen LogP contribution in [0.15, 0.2) is 78.0 Å². The summed E-state index contributed by atoms with van der Waals surface area (Å²) in [5, 5.41) is 3.06. The Morgan fingerprint density at radius 1 is 1.03 bits per heavy atom. The standard InChI is InChI=1S/C24H18F2N6O2/c1-34-17-5-2-4-16(12-17)32-22-21(13-28-23(30-22)29-15-8-10-27-11-9-15)31(24(32)33)14-18-19(25)6-3-7-20(18)26/h2-13H,14H2,1H3,(H,27,28,29,30). The maximum Gasteiger partial charge on any atom is 0.335 e. The fourth-order valence-electron chi connectivity index (χ4n) is 3.64. The Balaban J connectivity index is 1.71. The van der Waals surface area contributed by atoms with Crippen molar-refractivity contribution in [2.75, 3.05) is 12.4 Å². The number of ether oxygens (including phenoxy) is 1. The molecule has 8 nitrogen and oxygen atoms in total. The van der Waals surface area contributed by atoms with E-state index in [-0.39, 0.29) is 23.7 Å². The lowest BCUT2D eigenvalue weighted by atomic mass is 10.2. The lowest BCUT2D eigenvalue weighted by molar-refractivity contribution is 0.414. The molecule has 3 heterocycles. The van der Waals surface area contributed by atoms with Gasteiger partial charge in [-0.3, -0.25) is 9.55 Å². The predicted molar refractivity (Wildman–Crippen MR) is 123 cm³/mol. The van der Waals surface area contributed by atoms with Crippen LogP contribution in [-0.2, 0) is 6.54 Å². The summed E-state index contributed by atoms with van der Waals surface area (Å²) in [6.45, 7) is -0.328. The first-order valence-electron chi connectivity index (χ1n) is 10.3. The van der Waals surface area contributed by atoms with E-state index in [4.69, 9.17) is 4.74 Å². The quantitative estimate of drug-likeness (QED) is 0.411. The predicted octanol–water partition coefficient (Wildman–Crippen LogP) is 4.06. The van der Waals surface area contributed by atoms with E-state index >= 15 is 0 Å². The molecule has 2 aromatic carbocycles. The number of imidazole rings is 1. The Morgan fingerprint density at radius 2 is 1.76 bits per heavy atom. The molecular weight excluding hydrogens is 442 g/mol. The number of hydrogen-bond donors (Lipinski definition) is 1. The molecule has 3 aromatic heterocycles. The van der Waals surface area contributed by atoms with Crippen LogP contribution in [0.1, 0.15) is 5.56 Å². The molecular formula is C24H18F2N6O2. The molecule has 0 saturated carbocycles. The van der Waals surface area contributed by atoms with E-state index in [9.17, 15) is 13.6 Å². The van der Waals surface area contributed by atoms with E-state index in [1.165, 1.54) is 28.5 Å². The van der Waals surface area contributed by atoms with Crippen LogP contribution in [0.2, 0.25) is 0 Å². The summed E-state index contributed by atoms with van der Waals surface area (Å²) in [4.78, 5) is 26.3. The molecule has 10 heteroatoms. The summed E-state index contributed by atoms with van der Waals surface area (Å²) in [7, 11) is 1.52. The molecule has 5 aromatic rings. The highest BCUT2D eigenvalue weighted by atomic mass is 19.1. The number of nitrogens with zero attached hydrogens (tertiary/aromatic N) is 5. The molecule has 0 spiro atoms. The number of anilines is 2. The van der Waals surface area contributed by atoms with Crippen molar-refractivity contribution in [3.8, 4) is 11.4 Å². The smallest absolute Gasteiger partial charge is 0.335 e. The molecule has 0 fully saturated rings. The Kier molecular flexibility index (Phi) is 5.46. The van der Waals surface area contributed by atoms with Crippen molar-refractivity contribution >= 4 is 22.8 Å². The fraction of sp³-hybridized carbons (Fsp3) is 0.0833. The fourth-order valence-corrected chi connectivity index (χ4v) is 3.64. The number of methoxy groups -OCH3 is 1. The Morgan fingerprint density at radius 3 is 2.50 bits per heavy atom. The highest BCUT2D eigenvalue weighted by Crippen LogP contribution is 2.23. The van der Waals surface area contributed by atoms with Crippen molar-refractivity contribution in [1.29, 1.82) is 0 Å². The summed E-state index contributed by atoms with van der Waals surface area (Å²) >= 11 is 0. The van der Waals surface area contributed by atoms with Gasteiger partial charge in [0.05, 0.1) is 25.5 Å². The number of nitrogens with one attached hydrogen (secondary N) is 1. The molecule has 34 heavy (non-hydrogen) atoms. The summed E-state index contributed by atoms with van der Waals surface area (Å²) in [6, 6.07) is 13.9. The van der Waals surface area contributed by atoms with Crippen molar-refractivity contribution in [2.45, 2.75) is 6.54 Å². The van der Waals surface area contributed by atoms with Gasteiger partial charge in [-0.15, -0.1) is 0 Å². The van der Waals surface area contributed by atoms with Crippen molar-refractivity contribution in [3.63, 3.8) is 0 Å². The third kappa shape index (κ3) is 3.85. The van der Waals surface area contributed by atoms with Crippen LogP contribution in [0.25, 0.3) is 16.9 Å². The second-order valence-corrected chi connectivity index (χ2v) is 7.37. The Hall–Kier alpha value is -4.60. The van der Waals surface area contributed by atoms with Gasteiger partial charge >= 0.3 is 5.69 Å². The molecule has 0 aliphatic carbocycles. The van der Waals surface area contributed by atoms with Crippen LogP contribution < -0.4 is 15.7 Å². The van der Waals surface area contributed by atoms with E-state index < -0.39 is 17.3 Å². The number of rotatable bonds is 6. The highest BCUT2D eigenvalue weighted by molar-refractivity contribution is 5.75. The van der Waals surface area contributed by atoms with Gasteiger partial charge in [-0.2, -0.15) is 4.98 Å². The number of fused-ring (bicyclic) bond motifs is 1. The molecule has 0 aliphatic rings. The van der Waals surface area contributed by atoms with Crippen LogP contribution in [-0.4, -0.2) is 31.2 Å². The lowest BCUT2D eigenvalue weighted by Crippen LogP contribution is -2.24. The Labute approximate surface area is 192 Å². The molecule has 0 atom stereocenters. The zero-order valence-corrected chi connectivity index (χ0v) is 17.9. The SMILES string of the molecule is COc1cccc(-n2c(=O)n(Cc3c(F)cccc3F)c3cnc(Nc4ccncc4)nc32)c1. The monoisotopic (exact) mass is 460 g/mol. The van der Waals surface area contributed by atoms with Crippen molar-refractivity contribution in [1.82, 2.24) is 24.1 Å². The molecule has 0 unspecified atom stereocenters. The van der Waals surface area contributed by atoms with Crippen LogP contribution in [0, 0.1) is 11.6 Å².